The molecule has 3 aromatic rings. The third-order valence-electron chi connectivity index (χ3n) is 3.42. The molecule has 0 atom stereocenters. The highest BCUT2D eigenvalue weighted by Crippen LogP contribution is 2.28. The summed E-state index contributed by atoms with van der Waals surface area (Å²) in [4.78, 5) is -0.000392. The van der Waals surface area contributed by atoms with E-state index in [0.29, 0.717) is 11.4 Å². The van der Waals surface area contributed by atoms with E-state index in [1.807, 2.05) is 16.8 Å². The minimum atomic E-state index is -3.81. The van der Waals surface area contributed by atoms with Crippen LogP contribution in [0.1, 0.15) is 5.69 Å². The van der Waals surface area contributed by atoms with Crippen LogP contribution in [-0.4, -0.2) is 37.6 Å². The maximum absolute atomic E-state index is 12.6. The maximum Gasteiger partial charge on any atom is 0.244 e. The molecule has 0 aliphatic rings. The van der Waals surface area contributed by atoms with Crippen molar-refractivity contribution in [3.63, 3.8) is 0 Å². The lowest BCUT2D eigenvalue weighted by Crippen LogP contribution is -2.24. The molecule has 0 radical (unpaired) electrons. The highest BCUT2D eigenvalue weighted by atomic mass is 32.2. The molecule has 0 amide bonds. The Morgan fingerprint density at radius 3 is 2.76 bits per heavy atom. The zero-order valence-electron chi connectivity index (χ0n) is 13.5. The molecule has 3 rings (SSSR count). The molecular formula is C15H16N4O4S2. The van der Waals surface area contributed by atoms with Crippen LogP contribution in [0, 0.1) is 0 Å². The first-order valence-corrected chi connectivity index (χ1v) is 9.61. The number of benzene rings is 1. The minimum absolute atomic E-state index is 0.000392. The summed E-state index contributed by atoms with van der Waals surface area (Å²) in [5.74, 6) is 0.653. The van der Waals surface area contributed by atoms with Crippen molar-refractivity contribution in [1.29, 1.82) is 0 Å². The van der Waals surface area contributed by atoms with Gasteiger partial charge in [0.15, 0.2) is 0 Å². The van der Waals surface area contributed by atoms with Crippen LogP contribution in [0.15, 0.2) is 46.1 Å². The van der Waals surface area contributed by atoms with Crippen LogP contribution < -0.4 is 14.2 Å². The van der Waals surface area contributed by atoms with Gasteiger partial charge in [0.1, 0.15) is 16.4 Å². The first-order chi connectivity index (χ1) is 12.0. The summed E-state index contributed by atoms with van der Waals surface area (Å²) in [6.07, 6.45) is 1.67. The smallest absolute Gasteiger partial charge is 0.244 e. The Kier molecular flexibility index (Phi) is 5.02. The summed E-state index contributed by atoms with van der Waals surface area (Å²) >= 11 is 1.54. The van der Waals surface area contributed by atoms with Gasteiger partial charge in [-0.05, 0) is 23.6 Å². The van der Waals surface area contributed by atoms with Crippen LogP contribution in [0.5, 0.6) is 11.5 Å². The maximum atomic E-state index is 12.6. The first-order valence-electron chi connectivity index (χ1n) is 7.19. The standard InChI is InChI=1S/C15H16N4O4S2/c1-22-13-3-4-14(23-2)15(7-13)25(20,21)16-8-11-9-19(18-17-11)12-5-6-24-10-12/h3-7,9-10,16H,8H2,1-2H3. The molecule has 1 aromatic carbocycles. The number of rotatable bonds is 7. The Labute approximate surface area is 149 Å². The van der Waals surface area contributed by atoms with Gasteiger partial charge in [-0.3, -0.25) is 0 Å². The molecular weight excluding hydrogens is 364 g/mol. The third kappa shape index (κ3) is 3.81. The second-order valence-corrected chi connectivity index (χ2v) is 7.49. The molecule has 0 bridgehead atoms. The van der Waals surface area contributed by atoms with E-state index >= 15 is 0 Å². The SMILES string of the molecule is COc1ccc(OC)c(S(=O)(=O)NCc2cn(-c3ccsc3)nn2)c1. The molecule has 2 heterocycles. The van der Waals surface area contributed by atoms with E-state index in [0.717, 1.165) is 5.69 Å². The molecule has 0 saturated carbocycles. The largest absolute Gasteiger partial charge is 0.497 e. The van der Waals surface area contributed by atoms with Gasteiger partial charge in [0.2, 0.25) is 10.0 Å². The fourth-order valence-corrected chi connectivity index (χ4v) is 3.94. The molecule has 2 aromatic heterocycles. The van der Waals surface area contributed by atoms with Gasteiger partial charge in [0.05, 0.1) is 38.3 Å². The summed E-state index contributed by atoms with van der Waals surface area (Å²) in [5, 5.41) is 11.8. The lowest BCUT2D eigenvalue weighted by molar-refractivity contribution is 0.392. The van der Waals surface area contributed by atoms with Crippen molar-refractivity contribution in [2.45, 2.75) is 11.4 Å². The van der Waals surface area contributed by atoms with E-state index in [-0.39, 0.29) is 17.2 Å². The molecule has 132 valence electrons. The summed E-state index contributed by atoms with van der Waals surface area (Å²) in [5.41, 5.74) is 1.37. The van der Waals surface area contributed by atoms with E-state index in [1.54, 1.807) is 34.3 Å². The summed E-state index contributed by atoms with van der Waals surface area (Å²) < 4.78 is 39.5. The normalized spacial score (nSPS) is 11.4. The van der Waals surface area contributed by atoms with Crippen molar-refractivity contribution in [3.05, 3.63) is 46.9 Å². The number of hydrogen-bond acceptors (Lipinski definition) is 7. The van der Waals surface area contributed by atoms with Gasteiger partial charge in [-0.1, -0.05) is 5.21 Å². The summed E-state index contributed by atoms with van der Waals surface area (Å²) in [6, 6.07) is 6.47. The van der Waals surface area contributed by atoms with E-state index < -0.39 is 10.0 Å². The number of methoxy groups -OCH3 is 2. The van der Waals surface area contributed by atoms with Gasteiger partial charge in [-0.15, -0.1) is 5.10 Å². The van der Waals surface area contributed by atoms with Crippen LogP contribution in [0.2, 0.25) is 0 Å². The number of hydrogen-bond donors (Lipinski definition) is 1. The number of sulfonamides is 1. The van der Waals surface area contributed by atoms with Crippen LogP contribution in [0.25, 0.3) is 5.69 Å². The first kappa shape index (κ1) is 17.4. The predicted molar refractivity (Wildman–Crippen MR) is 92.8 cm³/mol. The molecule has 8 nitrogen and oxygen atoms in total. The fourth-order valence-electron chi connectivity index (χ4n) is 2.13. The lowest BCUT2D eigenvalue weighted by atomic mass is 10.3. The quantitative estimate of drug-likeness (QED) is 0.672. The molecule has 25 heavy (non-hydrogen) atoms. The number of thiophene rings is 1. The van der Waals surface area contributed by atoms with E-state index in [4.69, 9.17) is 9.47 Å². The highest BCUT2D eigenvalue weighted by Gasteiger charge is 2.21. The van der Waals surface area contributed by atoms with Gasteiger partial charge < -0.3 is 9.47 Å². The fraction of sp³-hybridized carbons (Fsp3) is 0.200. The zero-order valence-corrected chi connectivity index (χ0v) is 15.2. The van der Waals surface area contributed by atoms with Gasteiger partial charge in [0, 0.05) is 11.4 Å². The average molecular weight is 380 g/mol. The number of nitrogens with one attached hydrogen (secondary N) is 1. The van der Waals surface area contributed by atoms with Crippen LogP contribution in [0.3, 0.4) is 0 Å². The molecule has 1 N–H and O–H groups in total. The van der Waals surface area contributed by atoms with Crippen molar-refractivity contribution < 1.29 is 17.9 Å². The van der Waals surface area contributed by atoms with Gasteiger partial charge in [-0.25, -0.2) is 17.8 Å². The van der Waals surface area contributed by atoms with E-state index in [9.17, 15) is 8.42 Å². The predicted octanol–water partition coefficient (Wildman–Crippen LogP) is 1.82. The molecule has 0 aliphatic heterocycles. The van der Waals surface area contributed by atoms with Crippen molar-refractivity contribution in [2.75, 3.05) is 14.2 Å². The summed E-state index contributed by atoms with van der Waals surface area (Å²) in [7, 11) is -0.932. The monoisotopic (exact) mass is 380 g/mol. The van der Waals surface area contributed by atoms with Gasteiger partial charge in [0.25, 0.3) is 0 Å². The number of nitrogens with zero attached hydrogens (tertiary/aromatic N) is 3. The Hall–Kier alpha value is -2.43. The highest BCUT2D eigenvalue weighted by molar-refractivity contribution is 7.89. The van der Waals surface area contributed by atoms with Crippen molar-refractivity contribution >= 4 is 21.4 Å². The van der Waals surface area contributed by atoms with Crippen LogP contribution >= 0.6 is 11.3 Å². The van der Waals surface area contributed by atoms with Crippen LogP contribution in [0.4, 0.5) is 0 Å². The van der Waals surface area contributed by atoms with Crippen molar-refractivity contribution in [2.24, 2.45) is 0 Å². The average Bonchev–Trinajstić information content (AvgIpc) is 3.30. The molecule has 0 saturated heterocycles. The Morgan fingerprint density at radius 2 is 2.08 bits per heavy atom. The minimum Gasteiger partial charge on any atom is -0.497 e. The second kappa shape index (κ2) is 7.21. The molecule has 0 spiro atoms. The zero-order chi connectivity index (χ0) is 17.9. The Balaban J connectivity index is 1.78. The second-order valence-electron chi connectivity index (χ2n) is 4.98. The Morgan fingerprint density at radius 1 is 1.24 bits per heavy atom. The molecule has 10 heteroatoms. The Bertz CT molecular complexity index is 952. The number of ether oxygens (including phenoxy) is 2. The van der Waals surface area contributed by atoms with Crippen molar-refractivity contribution in [1.82, 2.24) is 19.7 Å². The van der Waals surface area contributed by atoms with E-state index in [2.05, 4.69) is 15.0 Å². The van der Waals surface area contributed by atoms with Crippen LogP contribution in [-0.2, 0) is 16.6 Å². The van der Waals surface area contributed by atoms with E-state index in [1.165, 1.54) is 20.3 Å². The third-order valence-corrected chi connectivity index (χ3v) is 5.51. The lowest BCUT2D eigenvalue weighted by Gasteiger charge is -2.11. The number of aromatic nitrogens is 3. The molecule has 0 aliphatic carbocycles. The summed E-state index contributed by atoms with van der Waals surface area (Å²) in [6.45, 7) is 0.00678. The van der Waals surface area contributed by atoms with Gasteiger partial charge >= 0.3 is 0 Å². The molecule has 0 fully saturated rings. The molecule has 0 unspecified atom stereocenters. The van der Waals surface area contributed by atoms with Gasteiger partial charge in [-0.2, -0.15) is 11.3 Å². The topological polar surface area (TPSA) is 95.3 Å². The van der Waals surface area contributed by atoms with Crippen molar-refractivity contribution in [3.8, 4) is 17.2 Å².